The summed E-state index contributed by atoms with van der Waals surface area (Å²) in [5.74, 6) is 1.45. The molecule has 2 aliphatic heterocycles. The van der Waals surface area contributed by atoms with Gasteiger partial charge in [0.25, 0.3) is 0 Å². The van der Waals surface area contributed by atoms with E-state index in [1.165, 1.54) is 34.2 Å². The lowest BCUT2D eigenvalue weighted by Gasteiger charge is -2.28. The second-order valence-electron chi connectivity index (χ2n) is 7.16. The summed E-state index contributed by atoms with van der Waals surface area (Å²) in [6.07, 6.45) is 4.23. The van der Waals surface area contributed by atoms with Gasteiger partial charge in [-0.25, -0.2) is 0 Å². The summed E-state index contributed by atoms with van der Waals surface area (Å²) in [7, 11) is 2.20. The van der Waals surface area contributed by atoms with E-state index in [2.05, 4.69) is 51.5 Å². The SMILES string of the molecule is CN1CCC(c2nsc3cc(NC4=NCc5cccnc54)ccc23)CC1. The molecule has 2 aliphatic rings. The number of nitrogens with one attached hydrogen (secondary N) is 1. The summed E-state index contributed by atoms with van der Waals surface area (Å²) >= 11 is 1.61. The van der Waals surface area contributed by atoms with Gasteiger partial charge in [-0.1, -0.05) is 6.07 Å². The Morgan fingerprint density at radius 1 is 1.19 bits per heavy atom. The first kappa shape index (κ1) is 15.9. The third-order valence-electron chi connectivity index (χ3n) is 5.39. The predicted octanol–water partition coefficient (Wildman–Crippen LogP) is 3.87. The van der Waals surface area contributed by atoms with Gasteiger partial charge in [-0.2, -0.15) is 4.37 Å². The summed E-state index contributed by atoms with van der Waals surface area (Å²) in [4.78, 5) is 11.5. The van der Waals surface area contributed by atoms with E-state index in [0.29, 0.717) is 12.5 Å². The number of fused-ring (bicyclic) bond motifs is 2. The number of benzene rings is 1. The molecule has 132 valence electrons. The Morgan fingerprint density at radius 2 is 2.08 bits per heavy atom. The van der Waals surface area contributed by atoms with Gasteiger partial charge in [-0.3, -0.25) is 9.98 Å². The van der Waals surface area contributed by atoms with Crippen LogP contribution < -0.4 is 5.32 Å². The second-order valence-corrected chi connectivity index (χ2v) is 7.96. The lowest BCUT2D eigenvalue weighted by Crippen LogP contribution is -2.29. The second kappa shape index (κ2) is 6.45. The fourth-order valence-electron chi connectivity index (χ4n) is 3.87. The Labute approximate surface area is 157 Å². The van der Waals surface area contributed by atoms with Gasteiger partial charge in [-0.05, 0) is 68.8 Å². The molecule has 26 heavy (non-hydrogen) atoms. The highest BCUT2D eigenvalue weighted by Gasteiger charge is 2.23. The van der Waals surface area contributed by atoms with Crippen LogP contribution in [0.5, 0.6) is 0 Å². The highest BCUT2D eigenvalue weighted by atomic mass is 32.1. The molecule has 0 spiro atoms. The van der Waals surface area contributed by atoms with E-state index in [4.69, 9.17) is 4.37 Å². The van der Waals surface area contributed by atoms with Crippen LogP contribution >= 0.6 is 11.5 Å². The fraction of sp³-hybridized carbons (Fsp3) is 0.350. The van der Waals surface area contributed by atoms with Gasteiger partial charge < -0.3 is 10.2 Å². The number of nitrogens with zero attached hydrogens (tertiary/aromatic N) is 4. The van der Waals surface area contributed by atoms with E-state index >= 15 is 0 Å². The Morgan fingerprint density at radius 3 is 2.96 bits per heavy atom. The van der Waals surface area contributed by atoms with Gasteiger partial charge >= 0.3 is 0 Å². The molecule has 6 heteroatoms. The minimum atomic E-state index is 0.592. The Bertz CT molecular complexity index is 985. The molecule has 0 atom stereocenters. The summed E-state index contributed by atoms with van der Waals surface area (Å²) in [5, 5.41) is 4.75. The van der Waals surface area contributed by atoms with Gasteiger partial charge in [0.1, 0.15) is 5.69 Å². The maximum Gasteiger partial charge on any atom is 0.152 e. The number of hydrogen-bond donors (Lipinski definition) is 1. The van der Waals surface area contributed by atoms with E-state index in [1.54, 1.807) is 11.5 Å². The number of amidine groups is 1. The highest BCUT2D eigenvalue weighted by Crippen LogP contribution is 2.35. The molecule has 0 radical (unpaired) electrons. The Balaban J connectivity index is 1.40. The molecule has 3 aromatic rings. The number of aromatic nitrogens is 2. The highest BCUT2D eigenvalue weighted by molar-refractivity contribution is 7.13. The smallest absolute Gasteiger partial charge is 0.152 e. The number of hydrogen-bond acceptors (Lipinski definition) is 6. The molecule has 0 bridgehead atoms. The van der Waals surface area contributed by atoms with Gasteiger partial charge in [0.05, 0.1) is 16.9 Å². The fourth-order valence-corrected chi connectivity index (χ4v) is 4.76. The van der Waals surface area contributed by atoms with E-state index in [0.717, 1.165) is 30.3 Å². The third-order valence-corrected chi connectivity index (χ3v) is 6.21. The van der Waals surface area contributed by atoms with Crippen molar-refractivity contribution in [1.82, 2.24) is 14.3 Å². The Kier molecular flexibility index (Phi) is 3.94. The van der Waals surface area contributed by atoms with Crippen LogP contribution in [0.3, 0.4) is 0 Å². The molecule has 1 aromatic carbocycles. The van der Waals surface area contributed by atoms with Gasteiger partial charge in [0, 0.05) is 28.8 Å². The van der Waals surface area contributed by atoms with E-state index < -0.39 is 0 Å². The maximum atomic E-state index is 4.81. The number of pyridine rings is 1. The average molecular weight is 363 g/mol. The largest absolute Gasteiger partial charge is 0.339 e. The molecule has 1 fully saturated rings. The molecule has 0 amide bonds. The van der Waals surface area contributed by atoms with Crippen molar-refractivity contribution in [2.24, 2.45) is 4.99 Å². The van der Waals surface area contributed by atoms with E-state index in [1.807, 2.05) is 12.3 Å². The molecule has 1 saturated heterocycles. The first-order valence-corrected chi connectivity index (χ1v) is 9.89. The molecule has 0 aliphatic carbocycles. The monoisotopic (exact) mass is 363 g/mol. The quantitative estimate of drug-likeness (QED) is 0.751. The normalized spacial score (nSPS) is 18.1. The first-order chi connectivity index (χ1) is 12.8. The third kappa shape index (κ3) is 2.79. The Hall–Kier alpha value is -2.31. The van der Waals surface area contributed by atoms with E-state index in [9.17, 15) is 0 Å². The van der Waals surface area contributed by atoms with Crippen molar-refractivity contribution in [1.29, 1.82) is 0 Å². The van der Waals surface area contributed by atoms with Crippen LogP contribution in [-0.2, 0) is 6.54 Å². The lowest BCUT2D eigenvalue weighted by molar-refractivity contribution is 0.254. The number of anilines is 1. The summed E-state index contributed by atoms with van der Waals surface area (Å²) in [6, 6.07) is 10.6. The molecule has 5 rings (SSSR count). The average Bonchev–Trinajstić information content (AvgIpc) is 3.27. The first-order valence-electron chi connectivity index (χ1n) is 9.11. The van der Waals surface area contributed by atoms with Crippen LogP contribution in [0.15, 0.2) is 41.5 Å². The number of aliphatic imine (C=N–C) groups is 1. The van der Waals surface area contributed by atoms with Gasteiger partial charge in [-0.15, -0.1) is 0 Å². The lowest BCUT2D eigenvalue weighted by atomic mass is 9.92. The molecule has 0 saturated carbocycles. The van der Waals surface area contributed by atoms with Gasteiger partial charge in [0.2, 0.25) is 0 Å². The van der Waals surface area contributed by atoms with Crippen LogP contribution in [0, 0.1) is 0 Å². The summed E-state index contributed by atoms with van der Waals surface area (Å²) in [5.41, 5.74) is 4.48. The molecule has 0 unspecified atom stereocenters. The van der Waals surface area contributed by atoms with Crippen LogP contribution in [0.1, 0.15) is 35.7 Å². The van der Waals surface area contributed by atoms with Crippen molar-refractivity contribution >= 4 is 33.1 Å². The topological polar surface area (TPSA) is 53.4 Å². The van der Waals surface area contributed by atoms with Crippen LogP contribution in [0.25, 0.3) is 10.1 Å². The zero-order valence-electron chi connectivity index (χ0n) is 14.8. The number of rotatable bonds is 2. The standard InChI is InChI=1S/C20H21N5S/c1-25-9-6-13(7-10-25)18-16-5-4-15(11-17(16)26-24-18)23-20-19-14(12-22-20)3-2-8-21-19/h2-5,8,11,13H,6-7,9-10,12H2,1H3,(H,22,23). The molecule has 1 N–H and O–H groups in total. The molecular formula is C20H21N5S. The van der Waals surface area contributed by atoms with Crippen molar-refractivity contribution in [2.75, 3.05) is 25.5 Å². The molecule has 2 aromatic heterocycles. The van der Waals surface area contributed by atoms with Crippen molar-refractivity contribution in [3.05, 3.63) is 53.5 Å². The van der Waals surface area contributed by atoms with E-state index in [-0.39, 0.29) is 0 Å². The van der Waals surface area contributed by atoms with Crippen molar-refractivity contribution in [3.8, 4) is 0 Å². The predicted molar refractivity (Wildman–Crippen MR) is 107 cm³/mol. The maximum absolute atomic E-state index is 4.81. The minimum Gasteiger partial charge on any atom is -0.339 e. The van der Waals surface area contributed by atoms with Crippen molar-refractivity contribution in [3.63, 3.8) is 0 Å². The van der Waals surface area contributed by atoms with Gasteiger partial charge in [0.15, 0.2) is 5.84 Å². The summed E-state index contributed by atoms with van der Waals surface area (Å²) < 4.78 is 6.05. The molecule has 4 heterocycles. The summed E-state index contributed by atoms with van der Waals surface area (Å²) in [6.45, 7) is 3.03. The number of likely N-dealkylation sites (tertiary alicyclic amines) is 1. The van der Waals surface area contributed by atoms with Crippen LogP contribution in [0.4, 0.5) is 5.69 Å². The van der Waals surface area contributed by atoms with Crippen LogP contribution in [0.2, 0.25) is 0 Å². The van der Waals surface area contributed by atoms with Crippen molar-refractivity contribution < 1.29 is 0 Å². The van der Waals surface area contributed by atoms with Crippen LogP contribution in [-0.4, -0.2) is 40.2 Å². The molecule has 5 nitrogen and oxygen atoms in total. The molecular weight excluding hydrogens is 342 g/mol. The van der Waals surface area contributed by atoms with Crippen molar-refractivity contribution in [2.45, 2.75) is 25.3 Å². The zero-order chi connectivity index (χ0) is 17.5. The zero-order valence-corrected chi connectivity index (χ0v) is 15.6. The minimum absolute atomic E-state index is 0.592. The number of piperidine rings is 1.